The molecule has 0 saturated heterocycles. The number of hydrogen-bond donors (Lipinski definition) is 2. The standard InChI is InChI=1S/C11H9BrN4O3/c12-7-4-8(16(17)18)6-9(5-7)19-11-3-1-2-10(14-11)15-13/h1-6H,13H2,(H,14,15). The third-order valence-electron chi connectivity index (χ3n) is 2.16. The van der Waals surface area contributed by atoms with Crippen molar-refractivity contribution in [2.24, 2.45) is 5.84 Å². The highest BCUT2D eigenvalue weighted by Crippen LogP contribution is 2.29. The summed E-state index contributed by atoms with van der Waals surface area (Å²) in [4.78, 5) is 14.3. The molecule has 2 rings (SSSR count). The molecule has 98 valence electrons. The Morgan fingerprint density at radius 3 is 2.84 bits per heavy atom. The Morgan fingerprint density at radius 1 is 1.37 bits per heavy atom. The Morgan fingerprint density at radius 2 is 2.16 bits per heavy atom. The molecule has 0 unspecified atom stereocenters. The van der Waals surface area contributed by atoms with Crippen molar-refractivity contribution < 1.29 is 9.66 Å². The molecule has 0 radical (unpaired) electrons. The molecule has 0 saturated carbocycles. The summed E-state index contributed by atoms with van der Waals surface area (Å²) in [6.45, 7) is 0. The topological polar surface area (TPSA) is 103 Å². The van der Waals surface area contributed by atoms with Crippen molar-refractivity contribution in [3.05, 3.63) is 51.0 Å². The van der Waals surface area contributed by atoms with Crippen LogP contribution < -0.4 is 16.0 Å². The number of hydrazine groups is 1. The van der Waals surface area contributed by atoms with Crippen molar-refractivity contribution in [3.8, 4) is 11.6 Å². The number of hydrogen-bond acceptors (Lipinski definition) is 6. The van der Waals surface area contributed by atoms with Crippen LogP contribution in [0.25, 0.3) is 0 Å². The van der Waals surface area contributed by atoms with E-state index < -0.39 is 4.92 Å². The number of nitrogens with zero attached hydrogens (tertiary/aromatic N) is 2. The molecule has 0 aliphatic carbocycles. The molecule has 8 heteroatoms. The van der Waals surface area contributed by atoms with Crippen LogP contribution in [0.4, 0.5) is 11.5 Å². The number of nitrogens with two attached hydrogens (primary N) is 1. The van der Waals surface area contributed by atoms with Gasteiger partial charge in [-0.1, -0.05) is 22.0 Å². The van der Waals surface area contributed by atoms with Crippen molar-refractivity contribution in [2.75, 3.05) is 5.43 Å². The van der Waals surface area contributed by atoms with E-state index in [1.165, 1.54) is 12.1 Å². The predicted octanol–water partition coefficient (Wildman–Crippen LogP) is 2.83. The second-order valence-electron chi connectivity index (χ2n) is 3.51. The van der Waals surface area contributed by atoms with Crippen LogP contribution >= 0.6 is 15.9 Å². The van der Waals surface area contributed by atoms with Gasteiger partial charge in [0.15, 0.2) is 0 Å². The lowest BCUT2D eigenvalue weighted by molar-refractivity contribution is -0.385. The summed E-state index contributed by atoms with van der Waals surface area (Å²) in [6, 6.07) is 9.29. The smallest absolute Gasteiger partial charge is 0.274 e. The average molecular weight is 325 g/mol. The zero-order valence-electron chi connectivity index (χ0n) is 9.54. The molecule has 0 fully saturated rings. The maximum Gasteiger partial charge on any atom is 0.274 e. The van der Waals surface area contributed by atoms with Gasteiger partial charge >= 0.3 is 0 Å². The number of aromatic nitrogens is 1. The fourth-order valence-corrected chi connectivity index (χ4v) is 1.85. The minimum absolute atomic E-state index is 0.0718. The maximum absolute atomic E-state index is 10.7. The van der Waals surface area contributed by atoms with Crippen LogP contribution in [-0.2, 0) is 0 Å². The highest BCUT2D eigenvalue weighted by atomic mass is 79.9. The summed E-state index contributed by atoms with van der Waals surface area (Å²) in [6.07, 6.45) is 0. The first kappa shape index (κ1) is 13.2. The van der Waals surface area contributed by atoms with E-state index in [0.717, 1.165) is 0 Å². The molecule has 19 heavy (non-hydrogen) atoms. The number of nitrogens with one attached hydrogen (secondary N) is 1. The van der Waals surface area contributed by atoms with E-state index >= 15 is 0 Å². The number of non-ortho nitro benzene ring substituents is 1. The number of halogens is 1. The summed E-state index contributed by atoms with van der Waals surface area (Å²) < 4.78 is 6.00. The number of anilines is 1. The van der Waals surface area contributed by atoms with Crippen LogP contribution in [0, 0.1) is 10.1 Å². The molecule has 0 amide bonds. The quantitative estimate of drug-likeness (QED) is 0.509. The number of nitro benzene ring substituents is 1. The lowest BCUT2D eigenvalue weighted by Gasteiger charge is -2.06. The fourth-order valence-electron chi connectivity index (χ4n) is 1.39. The number of benzene rings is 1. The third kappa shape index (κ3) is 3.39. The van der Waals surface area contributed by atoms with Crippen molar-refractivity contribution in [3.63, 3.8) is 0 Å². The maximum atomic E-state index is 10.7. The van der Waals surface area contributed by atoms with Gasteiger partial charge in [0, 0.05) is 16.6 Å². The molecule has 1 aromatic carbocycles. The largest absolute Gasteiger partial charge is 0.439 e. The Kier molecular flexibility index (Phi) is 3.93. The molecule has 0 spiro atoms. The number of ether oxygens (including phenoxy) is 1. The zero-order valence-corrected chi connectivity index (χ0v) is 11.1. The van der Waals surface area contributed by atoms with E-state index in [4.69, 9.17) is 10.6 Å². The van der Waals surface area contributed by atoms with Gasteiger partial charge in [0.2, 0.25) is 5.88 Å². The van der Waals surface area contributed by atoms with Gasteiger partial charge < -0.3 is 10.2 Å². The number of pyridine rings is 1. The van der Waals surface area contributed by atoms with E-state index in [-0.39, 0.29) is 11.6 Å². The van der Waals surface area contributed by atoms with Gasteiger partial charge in [-0.05, 0) is 12.1 Å². The molecule has 0 aliphatic rings. The van der Waals surface area contributed by atoms with Gasteiger partial charge in [-0.3, -0.25) is 10.1 Å². The lowest BCUT2D eigenvalue weighted by Crippen LogP contribution is -2.08. The van der Waals surface area contributed by atoms with Gasteiger partial charge in [-0.25, -0.2) is 5.84 Å². The van der Waals surface area contributed by atoms with E-state index in [1.54, 1.807) is 24.3 Å². The molecule has 1 aromatic heterocycles. The SMILES string of the molecule is NNc1cccc(Oc2cc(Br)cc([N+](=O)[O-])c2)n1. The Bertz CT molecular complexity index is 621. The summed E-state index contributed by atoms with van der Waals surface area (Å²) in [7, 11) is 0. The first-order valence-corrected chi connectivity index (χ1v) is 5.94. The van der Waals surface area contributed by atoms with Crippen LogP contribution in [0.1, 0.15) is 0 Å². The van der Waals surface area contributed by atoms with Gasteiger partial charge in [0.25, 0.3) is 5.69 Å². The lowest BCUT2D eigenvalue weighted by atomic mass is 10.3. The number of nitro groups is 1. The predicted molar refractivity (Wildman–Crippen MR) is 72.9 cm³/mol. The van der Waals surface area contributed by atoms with Crippen molar-refractivity contribution in [1.82, 2.24) is 4.98 Å². The van der Waals surface area contributed by atoms with Crippen LogP contribution in [0.15, 0.2) is 40.9 Å². The summed E-state index contributed by atoms with van der Waals surface area (Å²) in [5, 5.41) is 10.7. The van der Waals surface area contributed by atoms with Crippen molar-refractivity contribution in [1.29, 1.82) is 0 Å². The monoisotopic (exact) mass is 324 g/mol. The summed E-state index contributed by atoms with van der Waals surface area (Å²) in [5.74, 6) is 6.26. The minimum Gasteiger partial charge on any atom is -0.439 e. The molecule has 0 aliphatic heterocycles. The van der Waals surface area contributed by atoms with Crippen LogP contribution in [0.5, 0.6) is 11.6 Å². The van der Waals surface area contributed by atoms with Crippen LogP contribution in [-0.4, -0.2) is 9.91 Å². The van der Waals surface area contributed by atoms with Gasteiger partial charge in [0.05, 0.1) is 11.0 Å². The highest BCUT2D eigenvalue weighted by Gasteiger charge is 2.10. The van der Waals surface area contributed by atoms with Crippen LogP contribution in [0.3, 0.4) is 0 Å². The average Bonchev–Trinajstić information content (AvgIpc) is 2.38. The fraction of sp³-hybridized carbons (Fsp3) is 0. The Balaban J connectivity index is 2.29. The molecule has 0 bridgehead atoms. The first-order valence-electron chi connectivity index (χ1n) is 5.15. The van der Waals surface area contributed by atoms with Gasteiger partial charge in [-0.2, -0.15) is 4.98 Å². The molecule has 2 aromatic rings. The van der Waals surface area contributed by atoms with E-state index in [0.29, 0.717) is 16.0 Å². The second-order valence-corrected chi connectivity index (χ2v) is 4.43. The molecular weight excluding hydrogens is 316 g/mol. The first-order chi connectivity index (χ1) is 9.08. The van der Waals surface area contributed by atoms with Crippen molar-refractivity contribution in [2.45, 2.75) is 0 Å². The summed E-state index contributed by atoms with van der Waals surface area (Å²) >= 11 is 3.19. The van der Waals surface area contributed by atoms with Crippen LogP contribution in [0.2, 0.25) is 0 Å². The molecule has 1 heterocycles. The Hall–Kier alpha value is -2.19. The van der Waals surface area contributed by atoms with Gasteiger partial charge in [0.1, 0.15) is 11.6 Å². The minimum atomic E-state index is -0.497. The normalized spacial score (nSPS) is 10.0. The second kappa shape index (κ2) is 5.63. The Labute approximate surface area is 116 Å². The number of rotatable bonds is 4. The number of nitrogen functional groups attached to an aromatic ring is 1. The van der Waals surface area contributed by atoms with E-state index in [1.807, 2.05) is 0 Å². The molecular formula is C11H9BrN4O3. The van der Waals surface area contributed by atoms with Gasteiger partial charge in [-0.15, -0.1) is 0 Å². The molecule has 0 atom stereocenters. The zero-order chi connectivity index (χ0) is 13.8. The summed E-state index contributed by atoms with van der Waals surface area (Å²) in [5.41, 5.74) is 2.31. The van der Waals surface area contributed by atoms with E-state index in [2.05, 4.69) is 26.3 Å². The molecule has 3 N–H and O–H groups in total. The van der Waals surface area contributed by atoms with E-state index in [9.17, 15) is 10.1 Å². The van der Waals surface area contributed by atoms with Crippen molar-refractivity contribution >= 4 is 27.4 Å². The molecule has 7 nitrogen and oxygen atoms in total. The highest BCUT2D eigenvalue weighted by molar-refractivity contribution is 9.10. The third-order valence-corrected chi connectivity index (χ3v) is 2.62.